The van der Waals surface area contributed by atoms with Crippen LogP contribution in [0.25, 0.3) is 0 Å². The van der Waals surface area contributed by atoms with Crippen LogP contribution in [0.5, 0.6) is 0 Å². The molecule has 0 radical (unpaired) electrons. The van der Waals surface area contributed by atoms with Crippen LogP contribution in [0.4, 0.5) is 5.69 Å². The third-order valence-electron chi connectivity index (χ3n) is 2.10. The van der Waals surface area contributed by atoms with Gasteiger partial charge in [-0.25, -0.2) is 0 Å². The minimum atomic E-state index is 0.382. The summed E-state index contributed by atoms with van der Waals surface area (Å²) in [5, 5.41) is 3.25. The van der Waals surface area contributed by atoms with E-state index in [0.29, 0.717) is 6.04 Å². The molecule has 13 heavy (non-hydrogen) atoms. The van der Waals surface area contributed by atoms with Crippen LogP contribution in [-0.2, 0) is 0 Å². The molecule has 68 valence electrons. The lowest BCUT2D eigenvalue weighted by Crippen LogP contribution is -2.20. The number of amidine groups is 1. The van der Waals surface area contributed by atoms with Crippen LogP contribution in [0.2, 0.25) is 0 Å². The Balaban J connectivity index is 2.26. The fourth-order valence-electron chi connectivity index (χ4n) is 1.37. The van der Waals surface area contributed by atoms with Crippen LogP contribution >= 0.6 is 0 Å². The zero-order valence-electron chi connectivity index (χ0n) is 7.62. The third-order valence-corrected chi connectivity index (χ3v) is 2.10. The van der Waals surface area contributed by atoms with Gasteiger partial charge in [-0.3, -0.25) is 4.99 Å². The highest BCUT2D eigenvalue weighted by Crippen LogP contribution is 2.09. The lowest BCUT2D eigenvalue weighted by Gasteiger charge is -2.01. The van der Waals surface area contributed by atoms with Crippen LogP contribution in [0.3, 0.4) is 0 Å². The summed E-state index contributed by atoms with van der Waals surface area (Å²) >= 11 is 0. The zero-order chi connectivity index (χ0) is 9.26. The number of nitrogens with one attached hydrogen (secondary N) is 1. The van der Waals surface area contributed by atoms with Gasteiger partial charge in [-0.1, -0.05) is 0 Å². The van der Waals surface area contributed by atoms with Crippen molar-refractivity contribution in [3.8, 4) is 0 Å². The topological polar surface area (TPSA) is 50.4 Å². The molecule has 0 saturated carbocycles. The molecule has 1 unspecified atom stereocenters. The summed E-state index contributed by atoms with van der Waals surface area (Å²) in [6.45, 7) is 3.02. The van der Waals surface area contributed by atoms with Gasteiger partial charge in [0.2, 0.25) is 0 Å². The van der Waals surface area contributed by atoms with Crippen LogP contribution in [0.1, 0.15) is 12.5 Å². The highest BCUT2D eigenvalue weighted by atomic mass is 15.1. The Labute approximate surface area is 77.7 Å². The summed E-state index contributed by atoms with van der Waals surface area (Å²) in [4.78, 5) is 4.45. The van der Waals surface area contributed by atoms with Gasteiger partial charge in [0.25, 0.3) is 0 Å². The Kier molecular flexibility index (Phi) is 1.93. The van der Waals surface area contributed by atoms with Crippen molar-refractivity contribution in [1.29, 1.82) is 0 Å². The normalized spacial score (nSPS) is 21.0. The summed E-state index contributed by atoms with van der Waals surface area (Å²) in [5.41, 5.74) is 7.49. The highest BCUT2D eigenvalue weighted by Gasteiger charge is 2.12. The van der Waals surface area contributed by atoms with Crippen molar-refractivity contribution in [3.63, 3.8) is 0 Å². The molecule has 1 aliphatic heterocycles. The van der Waals surface area contributed by atoms with Gasteiger partial charge in [-0.15, -0.1) is 0 Å². The quantitative estimate of drug-likeness (QED) is 0.626. The maximum atomic E-state index is 5.59. The Morgan fingerprint density at radius 3 is 2.62 bits per heavy atom. The van der Waals surface area contributed by atoms with E-state index in [4.69, 9.17) is 5.73 Å². The van der Waals surface area contributed by atoms with E-state index in [-0.39, 0.29) is 0 Å². The van der Waals surface area contributed by atoms with Crippen LogP contribution in [-0.4, -0.2) is 18.4 Å². The molecule has 0 aliphatic carbocycles. The van der Waals surface area contributed by atoms with Crippen LogP contribution in [0, 0.1) is 0 Å². The molecule has 0 fully saturated rings. The van der Waals surface area contributed by atoms with Gasteiger partial charge in [-0.05, 0) is 31.2 Å². The van der Waals surface area contributed by atoms with Crippen LogP contribution < -0.4 is 11.1 Å². The Hall–Kier alpha value is -1.51. The lowest BCUT2D eigenvalue weighted by molar-refractivity contribution is 0.766. The molecule has 0 bridgehead atoms. The fourth-order valence-corrected chi connectivity index (χ4v) is 1.37. The molecular weight excluding hydrogens is 162 g/mol. The summed E-state index contributed by atoms with van der Waals surface area (Å²) in [7, 11) is 0. The van der Waals surface area contributed by atoms with Gasteiger partial charge in [0, 0.05) is 17.8 Å². The first-order chi connectivity index (χ1) is 6.25. The monoisotopic (exact) mass is 175 g/mol. The van der Waals surface area contributed by atoms with Crippen molar-refractivity contribution in [3.05, 3.63) is 29.8 Å². The Morgan fingerprint density at radius 2 is 2.08 bits per heavy atom. The summed E-state index contributed by atoms with van der Waals surface area (Å²) < 4.78 is 0. The highest BCUT2D eigenvalue weighted by molar-refractivity contribution is 6.00. The molecule has 1 aromatic carbocycles. The standard InChI is InChI=1S/C10H13N3/c1-7-6-12-10(13-7)8-2-4-9(11)5-3-8/h2-5,7H,6,11H2,1H3,(H,12,13). The van der Waals surface area contributed by atoms with Crippen molar-refractivity contribution >= 4 is 11.5 Å². The van der Waals surface area contributed by atoms with E-state index >= 15 is 0 Å². The number of hydrogen-bond donors (Lipinski definition) is 2. The first kappa shape index (κ1) is 8.10. The number of rotatable bonds is 1. The Morgan fingerprint density at radius 1 is 1.38 bits per heavy atom. The molecule has 1 aliphatic rings. The number of nitrogens with two attached hydrogens (primary N) is 1. The largest absolute Gasteiger partial charge is 0.399 e. The molecule has 0 spiro atoms. The van der Waals surface area contributed by atoms with Gasteiger partial charge in [0.15, 0.2) is 0 Å². The molecule has 3 heteroatoms. The van der Waals surface area contributed by atoms with Gasteiger partial charge >= 0.3 is 0 Å². The van der Waals surface area contributed by atoms with E-state index in [9.17, 15) is 0 Å². The molecule has 0 saturated heterocycles. The maximum Gasteiger partial charge on any atom is 0.128 e. The number of nitrogen functional groups attached to an aromatic ring is 1. The van der Waals surface area contributed by atoms with Crippen LogP contribution in [0.15, 0.2) is 29.3 Å². The molecule has 1 heterocycles. The molecule has 2 rings (SSSR count). The average molecular weight is 175 g/mol. The minimum Gasteiger partial charge on any atom is -0.399 e. The number of hydrogen-bond acceptors (Lipinski definition) is 3. The van der Waals surface area contributed by atoms with E-state index < -0.39 is 0 Å². The predicted molar refractivity (Wildman–Crippen MR) is 54.9 cm³/mol. The van der Waals surface area contributed by atoms with Crippen molar-refractivity contribution < 1.29 is 0 Å². The fraction of sp³-hybridized carbons (Fsp3) is 0.300. The molecule has 0 amide bonds. The first-order valence-electron chi connectivity index (χ1n) is 4.43. The minimum absolute atomic E-state index is 0.382. The average Bonchev–Trinajstić information content (AvgIpc) is 2.53. The van der Waals surface area contributed by atoms with Gasteiger partial charge < -0.3 is 11.1 Å². The number of benzene rings is 1. The number of nitrogens with zero attached hydrogens (tertiary/aromatic N) is 1. The van der Waals surface area contributed by atoms with E-state index in [1.54, 1.807) is 0 Å². The molecule has 0 aromatic heterocycles. The zero-order valence-corrected chi connectivity index (χ0v) is 7.62. The van der Waals surface area contributed by atoms with Gasteiger partial charge in [0.1, 0.15) is 5.84 Å². The van der Waals surface area contributed by atoms with E-state index in [1.165, 1.54) is 0 Å². The molecule has 3 N–H and O–H groups in total. The van der Waals surface area contributed by atoms with E-state index in [1.807, 2.05) is 24.3 Å². The number of anilines is 1. The molecular formula is C10H13N3. The van der Waals surface area contributed by atoms with Crippen molar-refractivity contribution in [2.45, 2.75) is 13.0 Å². The van der Waals surface area contributed by atoms with E-state index in [2.05, 4.69) is 17.2 Å². The van der Waals surface area contributed by atoms with Gasteiger partial charge in [0.05, 0.1) is 6.04 Å². The Bertz CT molecular complexity index is 327. The smallest absolute Gasteiger partial charge is 0.128 e. The summed E-state index contributed by atoms with van der Waals surface area (Å²) in [5.74, 6) is 0.979. The predicted octanol–water partition coefficient (Wildman–Crippen LogP) is 1.01. The molecule has 3 nitrogen and oxygen atoms in total. The second kappa shape index (κ2) is 3.09. The second-order valence-corrected chi connectivity index (χ2v) is 3.33. The summed E-state index contributed by atoms with van der Waals surface area (Å²) in [6.07, 6.45) is 0. The molecule has 1 aromatic rings. The van der Waals surface area contributed by atoms with Crippen molar-refractivity contribution in [1.82, 2.24) is 5.32 Å². The third kappa shape index (κ3) is 1.64. The summed E-state index contributed by atoms with van der Waals surface area (Å²) in [6, 6.07) is 8.14. The van der Waals surface area contributed by atoms with Crippen molar-refractivity contribution in [2.75, 3.05) is 12.3 Å². The second-order valence-electron chi connectivity index (χ2n) is 3.33. The SMILES string of the molecule is CC1CNC(c2ccc(N)cc2)=N1. The molecule has 1 atom stereocenters. The maximum absolute atomic E-state index is 5.59. The first-order valence-corrected chi connectivity index (χ1v) is 4.43. The van der Waals surface area contributed by atoms with Gasteiger partial charge in [-0.2, -0.15) is 0 Å². The van der Waals surface area contributed by atoms with E-state index in [0.717, 1.165) is 23.6 Å². The number of aliphatic imine (C=N–C) groups is 1. The lowest BCUT2D eigenvalue weighted by atomic mass is 10.2. The van der Waals surface area contributed by atoms with Crippen molar-refractivity contribution in [2.24, 2.45) is 4.99 Å².